The first-order valence-corrected chi connectivity index (χ1v) is 18.3. The summed E-state index contributed by atoms with van der Waals surface area (Å²) in [5, 5.41) is 115. The number of nitrogens with two attached hydrogens (primary N) is 2. The van der Waals surface area contributed by atoms with Gasteiger partial charge in [0.2, 0.25) is 11.5 Å². The number of thioether (sulfide) groups is 1. The number of aliphatic carboxylic acids is 2. The Balaban J connectivity index is 0.000000234. The second-order valence-corrected chi connectivity index (χ2v) is 13.7. The molecule has 4 aromatic carbocycles. The second kappa shape index (κ2) is 19.1. The van der Waals surface area contributed by atoms with Crippen LogP contribution in [0.4, 0.5) is 0 Å². The van der Waals surface area contributed by atoms with Crippen molar-refractivity contribution in [3.05, 3.63) is 54.6 Å². The molecule has 0 saturated carbocycles. The Morgan fingerprint density at radius 2 is 1.10 bits per heavy atom. The molecule has 60 heavy (non-hydrogen) atoms. The van der Waals surface area contributed by atoms with Gasteiger partial charge in [-0.05, 0) is 0 Å². The zero-order valence-electron chi connectivity index (χ0n) is 31.1. The highest BCUT2D eigenvalue weighted by Crippen LogP contribution is 2.50. The van der Waals surface area contributed by atoms with Crippen molar-refractivity contribution in [2.24, 2.45) is 11.5 Å². The fraction of sp³-hybridized carbons (Fsp3) is 0.158. The molecule has 0 aliphatic rings. The number of hydrogen-bond donors (Lipinski definition) is 15. The number of ether oxygens (including phenoxy) is 2. The van der Waals surface area contributed by atoms with Gasteiger partial charge in [-0.15, -0.1) is 11.8 Å². The lowest BCUT2D eigenvalue weighted by Gasteiger charge is -2.12. The van der Waals surface area contributed by atoms with E-state index >= 15 is 0 Å². The largest absolute Gasteiger partial charge is 0.507 e. The molecule has 20 nitrogen and oxygen atoms in total. The van der Waals surface area contributed by atoms with Crippen LogP contribution in [0.5, 0.6) is 69.0 Å². The standard InChI is InChI=1S/C19H17NO9S.C16H12O7.C3H7NO2S/c1-28-17-16(7-2-11(23)15(25)12(24)3-7)29-13-5-8(21)4-10(22)14(13)18(17)30-6-9(20)19(26)27;1-22-14-6-9-10(18)4-8(17)5-13(9)23-16(14)7-2-11(19)15(21)12(20)3-7;4-2(1-7)3(5)6/h2-5,9H,6,20H2,1H3,(H5-,21,22,23,24,25,26,27);2-6H,1H3,(H4-,17,18,19,20,21);2,7H,1,4H2,(H,5,6)/p+2/t9-;;2-/m1.1/s1. The molecule has 0 unspecified atom stereocenters. The molecule has 0 radical (unpaired) electrons. The Hall–Kier alpha value is -7.14. The van der Waals surface area contributed by atoms with Crippen molar-refractivity contribution >= 4 is 58.3 Å². The van der Waals surface area contributed by atoms with Crippen LogP contribution in [0.3, 0.4) is 0 Å². The average molecular weight is 875 g/mol. The zero-order valence-corrected chi connectivity index (χ0v) is 32.8. The van der Waals surface area contributed by atoms with Crippen molar-refractivity contribution in [2.45, 2.75) is 17.0 Å². The highest BCUT2D eigenvalue weighted by molar-refractivity contribution is 7.99. The van der Waals surface area contributed by atoms with E-state index in [0.717, 1.165) is 36.0 Å². The third-order valence-electron chi connectivity index (χ3n) is 8.06. The van der Waals surface area contributed by atoms with Crippen LogP contribution in [0.25, 0.3) is 44.6 Å². The summed E-state index contributed by atoms with van der Waals surface area (Å²) in [5.74, 6) is -6.44. The fourth-order valence-electron chi connectivity index (χ4n) is 5.11. The molecule has 0 saturated heterocycles. The van der Waals surface area contributed by atoms with Gasteiger partial charge in [0.15, 0.2) is 34.5 Å². The van der Waals surface area contributed by atoms with Crippen LogP contribution in [0, 0.1) is 0 Å². The van der Waals surface area contributed by atoms with E-state index in [1.54, 1.807) is 0 Å². The molecule has 0 bridgehead atoms. The van der Waals surface area contributed by atoms with E-state index in [9.17, 15) is 60.7 Å². The Bertz CT molecular complexity index is 2540. The highest BCUT2D eigenvalue weighted by atomic mass is 32.2. The number of aromatic hydroxyl groups is 10. The minimum Gasteiger partial charge on any atom is -0.507 e. The molecule has 6 aromatic rings. The van der Waals surface area contributed by atoms with Crippen molar-refractivity contribution < 1.29 is 89.2 Å². The number of phenolic OH excluding ortho intramolecular Hbond substituents is 10. The van der Waals surface area contributed by atoms with Gasteiger partial charge in [0.05, 0.1) is 42.4 Å². The number of benzene rings is 4. The van der Waals surface area contributed by atoms with Gasteiger partial charge < -0.3 is 82.2 Å². The molecule has 2 heterocycles. The maximum atomic E-state index is 11.1. The van der Waals surface area contributed by atoms with Crippen LogP contribution < -0.4 is 20.9 Å². The summed E-state index contributed by atoms with van der Waals surface area (Å²) < 4.78 is 22.0. The van der Waals surface area contributed by atoms with Gasteiger partial charge in [-0.3, -0.25) is 9.59 Å². The van der Waals surface area contributed by atoms with E-state index in [1.165, 1.54) is 44.6 Å². The number of carboxylic acids is 2. The first-order valence-electron chi connectivity index (χ1n) is 16.7. The summed E-state index contributed by atoms with van der Waals surface area (Å²) in [4.78, 5) is 21.1. The van der Waals surface area contributed by atoms with Gasteiger partial charge in [-0.1, -0.05) is 0 Å². The minimum atomic E-state index is -1.22. The predicted octanol–water partition coefficient (Wildman–Crippen LogP) is 4.67. The monoisotopic (exact) mass is 874 g/mol. The van der Waals surface area contributed by atoms with E-state index in [1.807, 2.05) is 0 Å². The fourth-order valence-corrected chi connectivity index (χ4v) is 6.41. The number of carboxylic acid groups (broad SMARTS) is 2. The maximum absolute atomic E-state index is 11.1. The Morgan fingerprint density at radius 3 is 1.55 bits per heavy atom. The molecule has 0 aliphatic carbocycles. The summed E-state index contributed by atoms with van der Waals surface area (Å²) >= 11 is 4.62. The van der Waals surface area contributed by atoms with E-state index < -0.39 is 58.5 Å². The topological polar surface area (TPSA) is 370 Å². The van der Waals surface area contributed by atoms with Crippen LogP contribution in [0.1, 0.15) is 0 Å². The van der Waals surface area contributed by atoms with Gasteiger partial charge in [0.1, 0.15) is 45.9 Å². The van der Waals surface area contributed by atoms with Gasteiger partial charge in [-0.2, -0.15) is 12.6 Å². The third-order valence-corrected chi connectivity index (χ3v) is 9.66. The highest BCUT2D eigenvalue weighted by Gasteiger charge is 2.33. The lowest BCUT2D eigenvalue weighted by molar-refractivity contribution is -0.138. The zero-order chi connectivity index (χ0) is 44.7. The van der Waals surface area contributed by atoms with Gasteiger partial charge in [-0.25, -0.2) is 8.83 Å². The van der Waals surface area contributed by atoms with Crippen molar-refractivity contribution in [1.82, 2.24) is 0 Å². The summed E-state index contributed by atoms with van der Waals surface area (Å²) in [6.07, 6.45) is 0. The summed E-state index contributed by atoms with van der Waals surface area (Å²) in [5.41, 5.74) is 11.1. The van der Waals surface area contributed by atoms with Crippen LogP contribution in [0.2, 0.25) is 0 Å². The molecule has 6 rings (SSSR count). The Kier molecular flexibility index (Phi) is 14.5. The molecule has 2 aromatic heterocycles. The molecule has 2 atom stereocenters. The van der Waals surface area contributed by atoms with Crippen molar-refractivity contribution in [3.8, 4) is 91.6 Å². The first kappa shape index (κ1) is 45.6. The van der Waals surface area contributed by atoms with E-state index in [4.69, 9.17) is 40.0 Å². The van der Waals surface area contributed by atoms with E-state index in [2.05, 4.69) is 12.6 Å². The van der Waals surface area contributed by atoms with Crippen LogP contribution in [0.15, 0.2) is 68.3 Å². The smallest absolute Gasteiger partial charge is 0.403 e. The van der Waals surface area contributed by atoms with Gasteiger partial charge >= 0.3 is 34.6 Å². The number of carbonyl (C=O) groups is 2. The first-order chi connectivity index (χ1) is 28.2. The molecular formula is C38H38N2O18S2+2. The molecular weight excluding hydrogens is 837 g/mol. The summed E-state index contributed by atoms with van der Waals surface area (Å²) in [7, 11) is 2.69. The normalized spacial score (nSPS) is 11.8. The molecule has 22 heteroatoms. The summed E-state index contributed by atoms with van der Waals surface area (Å²) in [6, 6.07) is 8.83. The molecule has 16 N–H and O–H groups in total. The van der Waals surface area contributed by atoms with Crippen molar-refractivity contribution in [1.29, 1.82) is 0 Å². The van der Waals surface area contributed by atoms with Crippen molar-refractivity contribution in [2.75, 3.05) is 25.7 Å². The molecule has 318 valence electrons. The predicted molar refractivity (Wildman–Crippen MR) is 218 cm³/mol. The van der Waals surface area contributed by atoms with Gasteiger partial charge in [0.25, 0.3) is 0 Å². The lowest BCUT2D eigenvalue weighted by atomic mass is 10.1. The number of fused-ring (bicyclic) bond motifs is 2. The maximum Gasteiger partial charge on any atom is 0.403 e. The SMILES string of the molecule is COc1c(-c2cc(O)c(O)c(O)c2)[o+]c2cc(O)cc(O)c2c1SC[C@@H](N)C(=O)O.COc1cc2c(O)cc(O)cc2[o+]c1-c1cc(O)c(O)c(O)c1.N[C@H](CS)C(=O)O. The van der Waals surface area contributed by atoms with Crippen molar-refractivity contribution in [3.63, 3.8) is 0 Å². The second-order valence-electron chi connectivity index (χ2n) is 12.3. The number of thiol groups is 1. The lowest BCUT2D eigenvalue weighted by Crippen LogP contribution is -2.32. The van der Waals surface area contributed by atoms with Crippen LogP contribution >= 0.6 is 24.4 Å². The number of hydrogen-bond acceptors (Lipinski definition) is 18. The molecule has 0 spiro atoms. The van der Waals surface area contributed by atoms with E-state index in [0.29, 0.717) is 5.39 Å². The van der Waals surface area contributed by atoms with Gasteiger partial charge in [0, 0.05) is 54.0 Å². The average Bonchev–Trinajstić information content (AvgIpc) is 3.19. The molecule has 0 amide bonds. The minimum absolute atomic E-state index is 0.0155. The van der Waals surface area contributed by atoms with Crippen LogP contribution in [-0.2, 0) is 9.59 Å². The third kappa shape index (κ3) is 10.1. The number of methoxy groups -OCH3 is 2. The quantitative estimate of drug-likeness (QED) is 0.0385. The molecule has 0 aliphatic heterocycles. The molecule has 0 fully saturated rings. The summed E-state index contributed by atoms with van der Waals surface area (Å²) in [6.45, 7) is 0. The number of rotatable bonds is 10. The van der Waals surface area contributed by atoms with Crippen LogP contribution in [-0.4, -0.2) is 111 Å². The Labute approximate surface area is 347 Å². The van der Waals surface area contributed by atoms with E-state index in [-0.39, 0.29) is 90.1 Å². The Morgan fingerprint density at radius 1 is 0.633 bits per heavy atom. The number of phenols is 10.